The van der Waals surface area contributed by atoms with E-state index in [1.807, 2.05) is 36.5 Å². The fourth-order valence-corrected chi connectivity index (χ4v) is 1.63. The Morgan fingerprint density at radius 2 is 1.82 bits per heavy atom. The van der Waals surface area contributed by atoms with Crippen molar-refractivity contribution in [2.24, 2.45) is 5.10 Å². The summed E-state index contributed by atoms with van der Waals surface area (Å²) in [6.45, 7) is 4.14. The van der Waals surface area contributed by atoms with Crippen LogP contribution < -0.4 is 5.43 Å². The molecule has 1 N–H and O–H groups in total. The summed E-state index contributed by atoms with van der Waals surface area (Å²) in [5.41, 5.74) is 7.62. The number of para-hydroxylation sites is 1. The van der Waals surface area contributed by atoms with Gasteiger partial charge in [-0.15, -0.1) is 0 Å². The highest BCUT2D eigenvalue weighted by Gasteiger charge is 1.93. The molecule has 0 saturated carbocycles. The van der Waals surface area contributed by atoms with Crippen LogP contribution in [0.1, 0.15) is 16.7 Å². The zero-order chi connectivity index (χ0) is 12.1. The predicted octanol–water partition coefficient (Wildman–Crippen LogP) is 3.75. The Hall–Kier alpha value is -2.09. The summed E-state index contributed by atoms with van der Waals surface area (Å²) in [5, 5.41) is 4.24. The molecule has 2 aromatic carbocycles. The fraction of sp³-hybridized carbons (Fsp3) is 0.133. The topological polar surface area (TPSA) is 24.4 Å². The van der Waals surface area contributed by atoms with Crippen LogP contribution in [0.3, 0.4) is 0 Å². The molecule has 0 aliphatic rings. The second-order valence-electron chi connectivity index (χ2n) is 4.10. The van der Waals surface area contributed by atoms with Crippen LogP contribution in [0.4, 0.5) is 5.69 Å². The van der Waals surface area contributed by atoms with Gasteiger partial charge in [0.1, 0.15) is 0 Å². The normalized spacial score (nSPS) is 10.7. The van der Waals surface area contributed by atoms with Crippen molar-refractivity contribution >= 4 is 11.9 Å². The molecule has 0 spiro atoms. The van der Waals surface area contributed by atoms with E-state index in [0.717, 1.165) is 11.3 Å². The first-order valence-electron chi connectivity index (χ1n) is 5.67. The minimum absolute atomic E-state index is 1.04. The molecule has 2 heteroatoms. The molecule has 0 aliphatic heterocycles. The van der Waals surface area contributed by atoms with Gasteiger partial charge in [0.15, 0.2) is 0 Å². The molecule has 0 unspecified atom stereocenters. The minimum Gasteiger partial charge on any atom is -0.278 e. The van der Waals surface area contributed by atoms with Gasteiger partial charge in [-0.05, 0) is 31.0 Å². The maximum Gasteiger partial charge on any atom is 0.0590 e. The number of aryl methyl sites for hydroxylation is 2. The molecule has 17 heavy (non-hydrogen) atoms. The van der Waals surface area contributed by atoms with Gasteiger partial charge >= 0.3 is 0 Å². The van der Waals surface area contributed by atoms with Crippen molar-refractivity contribution in [3.63, 3.8) is 0 Å². The molecule has 0 bridgehead atoms. The lowest BCUT2D eigenvalue weighted by atomic mass is 10.2. The van der Waals surface area contributed by atoms with Gasteiger partial charge < -0.3 is 0 Å². The molecular weight excluding hydrogens is 208 g/mol. The third kappa shape index (κ3) is 3.18. The van der Waals surface area contributed by atoms with Crippen LogP contribution in [0.2, 0.25) is 0 Å². The highest BCUT2D eigenvalue weighted by Crippen LogP contribution is 2.12. The minimum atomic E-state index is 1.04. The second kappa shape index (κ2) is 5.30. The molecule has 2 aromatic rings. The van der Waals surface area contributed by atoms with E-state index in [4.69, 9.17) is 0 Å². The standard InChI is InChI=1S/C15H16N2/c1-12-6-5-8-14(10-12)11-16-17-15-9-4-3-7-13(15)2/h3-11,17H,1-2H3/b16-11-. The zero-order valence-corrected chi connectivity index (χ0v) is 10.1. The largest absolute Gasteiger partial charge is 0.278 e. The Morgan fingerprint density at radius 3 is 2.59 bits per heavy atom. The smallest absolute Gasteiger partial charge is 0.0590 e. The molecule has 86 valence electrons. The molecular formula is C15H16N2. The molecule has 0 amide bonds. The van der Waals surface area contributed by atoms with Crippen LogP contribution in [0.5, 0.6) is 0 Å². The van der Waals surface area contributed by atoms with E-state index >= 15 is 0 Å². The highest BCUT2D eigenvalue weighted by molar-refractivity contribution is 5.80. The maximum atomic E-state index is 4.24. The maximum absolute atomic E-state index is 4.24. The van der Waals surface area contributed by atoms with E-state index in [1.54, 1.807) is 0 Å². The van der Waals surface area contributed by atoms with Gasteiger partial charge in [-0.2, -0.15) is 5.10 Å². The Bertz CT molecular complexity index is 530. The molecule has 0 heterocycles. The first-order chi connectivity index (χ1) is 8.25. The molecule has 2 nitrogen and oxygen atoms in total. The van der Waals surface area contributed by atoms with Crippen LogP contribution in [-0.2, 0) is 0 Å². The lowest BCUT2D eigenvalue weighted by Gasteiger charge is -2.03. The number of hydrogen-bond donors (Lipinski definition) is 1. The van der Waals surface area contributed by atoms with Gasteiger partial charge in [0.25, 0.3) is 0 Å². The summed E-state index contributed by atoms with van der Waals surface area (Å²) >= 11 is 0. The number of nitrogens with zero attached hydrogens (tertiary/aromatic N) is 1. The number of anilines is 1. The summed E-state index contributed by atoms with van der Waals surface area (Å²) in [5.74, 6) is 0. The third-order valence-corrected chi connectivity index (χ3v) is 2.59. The summed E-state index contributed by atoms with van der Waals surface area (Å²) < 4.78 is 0. The van der Waals surface area contributed by atoms with E-state index in [2.05, 4.69) is 42.6 Å². The van der Waals surface area contributed by atoms with Gasteiger partial charge in [-0.25, -0.2) is 0 Å². The molecule has 0 aromatic heterocycles. The van der Waals surface area contributed by atoms with Crippen LogP contribution in [-0.4, -0.2) is 6.21 Å². The van der Waals surface area contributed by atoms with E-state index in [0.29, 0.717) is 0 Å². The van der Waals surface area contributed by atoms with E-state index in [9.17, 15) is 0 Å². The van der Waals surface area contributed by atoms with Crippen molar-refractivity contribution in [1.29, 1.82) is 0 Å². The molecule has 2 rings (SSSR count). The third-order valence-electron chi connectivity index (χ3n) is 2.59. The molecule has 0 aliphatic carbocycles. The van der Waals surface area contributed by atoms with E-state index < -0.39 is 0 Å². The summed E-state index contributed by atoms with van der Waals surface area (Å²) in [6.07, 6.45) is 1.83. The fourth-order valence-electron chi connectivity index (χ4n) is 1.63. The lowest BCUT2D eigenvalue weighted by molar-refractivity contribution is 1.31. The quantitative estimate of drug-likeness (QED) is 0.623. The summed E-state index contributed by atoms with van der Waals surface area (Å²) in [7, 11) is 0. The number of hydrogen-bond acceptors (Lipinski definition) is 2. The van der Waals surface area contributed by atoms with Crippen molar-refractivity contribution < 1.29 is 0 Å². The first-order valence-corrected chi connectivity index (χ1v) is 5.67. The first kappa shape index (κ1) is 11.4. The highest BCUT2D eigenvalue weighted by atomic mass is 15.3. The molecule has 0 saturated heterocycles. The van der Waals surface area contributed by atoms with E-state index in [-0.39, 0.29) is 0 Å². The number of benzene rings is 2. The van der Waals surface area contributed by atoms with E-state index in [1.165, 1.54) is 11.1 Å². The van der Waals surface area contributed by atoms with Crippen LogP contribution in [0, 0.1) is 13.8 Å². The van der Waals surface area contributed by atoms with Crippen molar-refractivity contribution in [2.45, 2.75) is 13.8 Å². The Balaban J connectivity index is 2.06. The number of hydrazone groups is 1. The van der Waals surface area contributed by atoms with Gasteiger partial charge in [0.2, 0.25) is 0 Å². The van der Waals surface area contributed by atoms with Crippen LogP contribution in [0.25, 0.3) is 0 Å². The zero-order valence-electron chi connectivity index (χ0n) is 10.1. The summed E-state index contributed by atoms with van der Waals surface area (Å²) in [6, 6.07) is 16.3. The average Bonchev–Trinajstić information content (AvgIpc) is 2.32. The van der Waals surface area contributed by atoms with Crippen molar-refractivity contribution in [2.75, 3.05) is 5.43 Å². The Morgan fingerprint density at radius 1 is 1.00 bits per heavy atom. The summed E-state index contributed by atoms with van der Waals surface area (Å²) in [4.78, 5) is 0. The Labute approximate surface area is 102 Å². The average molecular weight is 224 g/mol. The lowest BCUT2D eigenvalue weighted by Crippen LogP contribution is -1.92. The van der Waals surface area contributed by atoms with Gasteiger partial charge in [0, 0.05) is 0 Å². The second-order valence-corrected chi connectivity index (χ2v) is 4.10. The van der Waals surface area contributed by atoms with Crippen molar-refractivity contribution in [3.8, 4) is 0 Å². The van der Waals surface area contributed by atoms with Gasteiger partial charge in [0.05, 0.1) is 11.9 Å². The predicted molar refractivity (Wildman–Crippen MR) is 73.6 cm³/mol. The number of rotatable bonds is 3. The number of nitrogens with one attached hydrogen (secondary N) is 1. The van der Waals surface area contributed by atoms with Gasteiger partial charge in [-0.1, -0.05) is 48.0 Å². The molecule has 0 atom stereocenters. The SMILES string of the molecule is Cc1cccc(/C=N\Nc2ccccc2C)c1. The van der Waals surface area contributed by atoms with Crippen molar-refractivity contribution in [1.82, 2.24) is 0 Å². The van der Waals surface area contributed by atoms with Crippen LogP contribution >= 0.6 is 0 Å². The van der Waals surface area contributed by atoms with Gasteiger partial charge in [-0.3, -0.25) is 5.43 Å². The monoisotopic (exact) mass is 224 g/mol. The van der Waals surface area contributed by atoms with Crippen molar-refractivity contribution in [3.05, 3.63) is 65.2 Å². The molecule has 0 fully saturated rings. The Kier molecular flexibility index (Phi) is 3.55. The van der Waals surface area contributed by atoms with Crippen LogP contribution in [0.15, 0.2) is 53.6 Å². The molecule has 0 radical (unpaired) electrons.